The summed E-state index contributed by atoms with van der Waals surface area (Å²) in [6, 6.07) is 9.39. The Balaban J connectivity index is 1.65. The molecule has 1 aliphatic carbocycles. The topological polar surface area (TPSA) is 55.2 Å². The maximum atomic E-state index is 13.7. The normalized spacial score (nSPS) is 18.3. The smallest absolute Gasteiger partial charge is 0.289 e. The van der Waals surface area contributed by atoms with E-state index >= 15 is 0 Å². The van der Waals surface area contributed by atoms with Crippen molar-refractivity contribution < 1.29 is 31.5 Å². The number of fused-ring (bicyclic) bond motifs is 1. The van der Waals surface area contributed by atoms with Gasteiger partial charge in [-0.1, -0.05) is 18.5 Å². The summed E-state index contributed by atoms with van der Waals surface area (Å²) < 4.78 is 68.9. The second-order valence-corrected chi connectivity index (χ2v) is 8.80. The largest absolute Gasteiger partial charge is 0.450 e. The number of halogens is 6. The van der Waals surface area contributed by atoms with Gasteiger partial charge in [0.1, 0.15) is 0 Å². The third-order valence-electron chi connectivity index (χ3n) is 5.64. The molecule has 2 amide bonds. The van der Waals surface area contributed by atoms with Crippen molar-refractivity contribution in [1.29, 1.82) is 0 Å². The molecule has 5 nitrogen and oxygen atoms in total. The first-order valence-corrected chi connectivity index (χ1v) is 10.7. The lowest BCUT2D eigenvalue weighted by Gasteiger charge is -2.28. The summed E-state index contributed by atoms with van der Waals surface area (Å²) in [5.41, 5.74) is -0.645. The lowest BCUT2D eigenvalue weighted by atomic mass is 9.80. The number of anilines is 1. The maximum Gasteiger partial charge on any atom is 0.450 e. The van der Waals surface area contributed by atoms with E-state index in [0.29, 0.717) is 0 Å². The summed E-state index contributed by atoms with van der Waals surface area (Å²) in [6.45, 7) is 1.55. The van der Waals surface area contributed by atoms with Crippen molar-refractivity contribution in [2.24, 2.45) is 5.41 Å². The summed E-state index contributed by atoms with van der Waals surface area (Å²) >= 11 is 5.89. The molecule has 1 aliphatic rings. The number of amides is 2. The zero-order valence-corrected chi connectivity index (χ0v) is 18.9. The summed E-state index contributed by atoms with van der Waals surface area (Å²) in [7, 11) is 0. The van der Waals surface area contributed by atoms with Gasteiger partial charge >= 0.3 is 6.18 Å². The molecule has 0 radical (unpaired) electrons. The number of imidazole rings is 1. The van der Waals surface area contributed by atoms with Crippen molar-refractivity contribution in [3.8, 4) is 5.69 Å². The predicted molar refractivity (Wildman–Crippen MR) is 120 cm³/mol. The molecule has 0 spiro atoms. The molecule has 0 bridgehead atoms. The summed E-state index contributed by atoms with van der Waals surface area (Å²) in [5.74, 6) is -3.94. The van der Waals surface area contributed by atoms with Gasteiger partial charge in [-0.05, 0) is 61.0 Å². The van der Waals surface area contributed by atoms with E-state index in [2.05, 4.69) is 4.98 Å². The van der Waals surface area contributed by atoms with Gasteiger partial charge in [-0.2, -0.15) is 13.2 Å². The minimum Gasteiger partial charge on any atom is -0.289 e. The van der Waals surface area contributed by atoms with Crippen LogP contribution in [-0.2, 0) is 15.8 Å². The van der Waals surface area contributed by atoms with Crippen LogP contribution in [0.15, 0.2) is 66.3 Å². The van der Waals surface area contributed by atoms with Gasteiger partial charge in [-0.15, -0.1) is 0 Å². The fourth-order valence-electron chi connectivity index (χ4n) is 3.94. The monoisotopic (exact) mass is 509 g/mol. The molecule has 182 valence electrons. The number of nitrogens with zero attached hydrogens (tertiary/aromatic N) is 3. The Morgan fingerprint density at radius 2 is 1.86 bits per heavy atom. The highest BCUT2D eigenvalue weighted by Gasteiger charge is 2.38. The number of carbonyl (C=O) groups is 2. The van der Waals surface area contributed by atoms with Crippen molar-refractivity contribution in [2.45, 2.75) is 25.9 Å². The average Bonchev–Trinajstić information content (AvgIpc) is 3.16. The van der Waals surface area contributed by atoms with Crippen molar-refractivity contribution in [2.75, 3.05) is 4.90 Å². The summed E-state index contributed by atoms with van der Waals surface area (Å²) in [6.07, 6.45) is -2.71. The van der Waals surface area contributed by atoms with E-state index in [4.69, 9.17) is 11.6 Å². The number of carbonyl (C=O) groups excluding carboxylic acids is 2. The summed E-state index contributed by atoms with van der Waals surface area (Å²) in [4.78, 5) is 28.9. The second kappa shape index (κ2) is 8.92. The van der Waals surface area contributed by atoms with Crippen molar-refractivity contribution in [3.05, 3.63) is 77.1 Å². The van der Waals surface area contributed by atoms with E-state index in [1.54, 1.807) is 6.92 Å². The van der Waals surface area contributed by atoms with Crippen molar-refractivity contribution in [1.82, 2.24) is 9.55 Å². The van der Waals surface area contributed by atoms with E-state index in [-0.39, 0.29) is 46.7 Å². The lowest BCUT2D eigenvalue weighted by Crippen LogP contribution is -2.34. The van der Waals surface area contributed by atoms with E-state index in [9.17, 15) is 31.5 Å². The number of aromatic nitrogens is 2. The second-order valence-electron chi connectivity index (χ2n) is 8.37. The Hall–Kier alpha value is -3.53. The van der Waals surface area contributed by atoms with Crippen LogP contribution in [0.2, 0.25) is 5.02 Å². The van der Waals surface area contributed by atoms with Gasteiger partial charge in [0.15, 0.2) is 11.7 Å². The number of rotatable bonds is 5. The van der Waals surface area contributed by atoms with Crippen LogP contribution >= 0.6 is 11.6 Å². The molecule has 11 heteroatoms. The van der Waals surface area contributed by atoms with E-state index in [0.717, 1.165) is 21.6 Å². The van der Waals surface area contributed by atoms with Gasteiger partial charge in [0.05, 0.1) is 16.7 Å². The molecular formula is C24H17ClF5N3O2. The molecular weight excluding hydrogens is 493 g/mol. The quantitative estimate of drug-likeness (QED) is 0.284. The molecule has 0 fully saturated rings. The van der Waals surface area contributed by atoms with Crippen molar-refractivity contribution in [3.63, 3.8) is 0 Å². The highest BCUT2D eigenvalue weighted by atomic mass is 35.5. The first-order chi connectivity index (χ1) is 16.4. The lowest BCUT2D eigenvalue weighted by molar-refractivity contribution is -0.145. The molecule has 1 heterocycles. The van der Waals surface area contributed by atoms with Gasteiger partial charge in [-0.3, -0.25) is 19.1 Å². The van der Waals surface area contributed by atoms with E-state index < -0.39 is 35.0 Å². The van der Waals surface area contributed by atoms with Gasteiger partial charge in [0, 0.05) is 22.5 Å². The molecule has 0 N–H and O–H groups in total. The highest BCUT2D eigenvalue weighted by Crippen LogP contribution is 2.38. The van der Waals surface area contributed by atoms with Gasteiger partial charge < -0.3 is 0 Å². The molecule has 0 saturated heterocycles. The van der Waals surface area contributed by atoms with E-state index in [1.165, 1.54) is 42.5 Å². The molecule has 2 aromatic carbocycles. The average molecular weight is 510 g/mol. The molecule has 0 aliphatic heterocycles. The molecule has 4 rings (SSSR count). The molecule has 1 unspecified atom stereocenters. The van der Waals surface area contributed by atoms with Crippen LogP contribution in [0, 0.1) is 5.41 Å². The fraction of sp³-hybridized carbons (Fsp3) is 0.208. The number of alkyl halides is 3. The predicted octanol–water partition coefficient (Wildman–Crippen LogP) is 6.69. The SMILES string of the molecule is CC1(CC(=O)N(C=O)c2ccc(-n3c(C(F)(F)F)nc4cc(Cl)ccc43)cc2)C=C(F)C(F)=CC1. The Morgan fingerprint density at radius 3 is 2.46 bits per heavy atom. The Bertz CT molecular complexity index is 1380. The van der Waals surface area contributed by atoms with Gasteiger partial charge in [0.25, 0.3) is 0 Å². The van der Waals surface area contributed by atoms with Crippen LogP contribution in [-0.4, -0.2) is 21.9 Å². The first-order valence-electron chi connectivity index (χ1n) is 10.3. The molecule has 1 atom stereocenters. The molecule has 3 aromatic rings. The standard InChI is InChI=1S/C24H17ClF5N3O2/c1-23(9-8-17(26)18(27)11-23)12-21(35)32(13-34)15-3-5-16(6-4-15)33-20-7-2-14(25)10-19(20)31-22(33)24(28,29)30/h2-8,10-11,13H,9,12H2,1H3. The molecule has 1 aromatic heterocycles. The third kappa shape index (κ3) is 4.84. The Labute approximate surface area is 201 Å². The number of imide groups is 1. The van der Waals surface area contributed by atoms with Crippen LogP contribution in [0.25, 0.3) is 16.7 Å². The van der Waals surface area contributed by atoms with Crippen LogP contribution in [0.4, 0.5) is 27.6 Å². The van der Waals surface area contributed by atoms with Crippen LogP contribution < -0.4 is 4.90 Å². The van der Waals surface area contributed by atoms with Crippen LogP contribution in [0.5, 0.6) is 0 Å². The van der Waals surface area contributed by atoms with Crippen molar-refractivity contribution >= 4 is 40.6 Å². The zero-order chi connectivity index (χ0) is 25.5. The fourth-order valence-corrected chi connectivity index (χ4v) is 4.11. The third-order valence-corrected chi connectivity index (χ3v) is 5.87. The molecule has 35 heavy (non-hydrogen) atoms. The van der Waals surface area contributed by atoms with Gasteiger partial charge in [0.2, 0.25) is 18.1 Å². The van der Waals surface area contributed by atoms with E-state index in [1.807, 2.05) is 0 Å². The van der Waals surface area contributed by atoms with Gasteiger partial charge in [-0.25, -0.2) is 13.8 Å². The zero-order valence-electron chi connectivity index (χ0n) is 18.1. The number of hydrogen-bond donors (Lipinski definition) is 0. The Morgan fingerprint density at radius 1 is 1.17 bits per heavy atom. The summed E-state index contributed by atoms with van der Waals surface area (Å²) in [5, 5.41) is 0.228. The Kier molecular flexibility index (Phi) is 6.27. The minimum absolute atomic E-state index is 0.0464. The highest BCUT2D eigenvalue weighted by molar-refractivity contribution is 6.31. The minimum atomic E-state index is -4.76. The number of benzene rings is 2. The maximum absolute atomic E-state index is 13.7. The number of allylic oxidation sites excluding steroid dienone is 4. The van der Waals surface area contributed by atoms with Crippen LogP contribution in [0.1, 0.15) is 25.6 Å². The number of hydrogen-bond acceptors (Lipinski definition) is 3. The van der Waals surface area contributed by atoms with Crippen LogP contribution in [0.3, 0.4) is 0 Å². The molecule has 0 saturated carbocycles. The first kappa shape index (κ1) is 24.6.